The van der Waals surface area contributed by atoms with Crippen molar-refractivity contribution in [1.82, 2.24) is 0 Å². The van der Waals surface area contributed by atoms with E-state index in [4.69, 9.17) is 4.74 Å². The molecule has 6 nitrogen and oxygen atoms in total. The maximum absolute atomic E-state index is 13.1. The molecule has 1 saturated heterocycles. The van der Waals surface area contributed by atoms with Crippen molar-refractivity contribution in [2.24, 2.45) is 0 Å². The second-order valence-electron chi connectivity index (χ2n) is 7.75. The Morgan fingerprint density at radius 2 is 1.79 bits per heavy atom. The number of nitrogens with zero attached hydrogens (tertiary/aromatic N) is 1. The van der Waals surface area contributed by atoms with Gasteiger partial charge < -0.3 is 14.9 Å². The number of phenols is 1. The van der Waals surface area contributed by atoms with Gasteiger partial charge in [-0.1, -0.05) is 38.0 Å². The number of anilines is 1. The van der Waals surface area contributed by atoms with Gasteiger partial charge in [-0.2, -0.15) is 0 Å². The first-order valence-electron chi connectivity index (χ1n) is 10.9. The van der Waals surface area contributed by atoms with Crippen molar-refractivity contribution in [1.29, 1.82) is 0 Å². The molecule has 0 aliphatic carbocycles. The summed E-state index contributed by atoms with van der Waals surface area (Å²) in [6, 6.07) is 15.9. The summed E-state index contributed by atoms with van der Waals surface area (Å²) >= 11 is 1.37. The summed E-state index contributed by atoms with van der Waals surface area (Å²) < 4.78 is 5.72. The second-order valence-corrected chi connectivity index (χ2v) is 8.73. The summed E-state index contributed by atoms with van der Waals surface area (Å²) in [6.45, 7) is 2.74. The average Bonchev–Trinajstić information content (AvgIpc) is 3.44. The standard InChI is InChI=1S/C26H25NO5S/c1-2-3-6-15-32-18-13-11-17(12-14-18)24(29)22-23(21-10-7-16-33-21)27(26(31)25(22)30)19-8-4-5-9-20(19)28/h4-5,7-14,16,23,28-29H,2-3,6,15H2,1H3/b24-22-. The average molecular weight is 464 g/mol. The van der Waals surface area contributed by atoms with Crippen LogP contribution in [0.1, 0.15) is 42.7 Å². The number of aliphatic hydroxyl groups is 1. The number of thiophene rings is 1. The van der Waals surface area contributed by atoms with Crippen LogP contribution in [0.5, 0.6) is 11.5 Å². The number of Topliss-reactive ketones (excluding diaryl/α,β-unsaturated/α-hetero) is 1. The summed E-state index contributed by atoms with van der Waals surface area (Å²) in [7, 11) is 0. The van der Waals surface area contributed by atoms with Crippen LogP contribution in [-0.4, -0.2) is 28.5 Å². The van der Waals surface area contributed by atoms with Gasteiger partial charge in [0.1, 0.15) is 23.3 Å². The molecule has 170 valence electrons. The minimum atomic E-state index is -0.844. The number of ketones is 1. The van der Waals surface area contributed by atoms with Crippen LogP contribution in [0.3, 0.4) is 0 Å². The number of para-hydroxylation sites is 2. The third-order valence-corrected chi connectivity index (χ3v) is 6.47. The number of ether oxygens (including phenoxy) is 1. The molecule has 4 rings (SSSR count). The van der Waals surface area contributed by atoms with Crippen molar-refractivity contribution >= 4 is 34.5 Å². The number of phenolic OH excluding ortho intramolecular Hbond substituents is 1. The first-order chi connectivity index (χ1) is 16.0. The summed E-state index contributed by atoms with van der Waals surface area (Å²) in [4.78, 5) is 28.1. The van der Waals surface area contributed by atoms with Crippen LogP contribution in [0.4, 0.5) is 5.69 Å². The normalized spacial score (nSPS) is 17.5. The van der Waals surface area contributed by atoms with Crippen LogP contribution in [0.2, 0.25) is 0 Å². The molecule has 1 aliphatic rings. The fourth-order valence-corrected chi connectivity index (χ4v) is 4.70. The summed E-state index contributed by atoms with van der Waals surface area (Å²) in [6.07, 6.45) is 3.17. The lowest BCUT2D eigenvalue weighted by Gasteiger charge is -2.24. The van der Waals surface area contributed by atoms with Crippen LogP contribution in [0.25, 0.3) is 5.76 Å². The number of carbonyl (C=O) groups excluding carboxylic acids is 2. The van der Waals surface area contributed by atoms with Crippen molar-refractivity contribution in [3.63, 3.8) is 0 Å². The molecule has 1 atom stereocenters. The van der Waals surface area contributed by atoms with E-state index in [1.165, 1.54) is 22.3 Å². The van der Waals surface area contributed by atoms with E-state index in [2.05, 4.69) is 6.92 Å². The largest absolute Gasteiger partial charge is 0.507 e. The van der Waals surface area contributed by atoms with E-state index in [9.17, 15) is 19.8 Å². The third kappa shape index (κ3) is 4.50. The second kappa shape index (κ2) is 9.92. The smallest absolute Gasteiger partial charge is 0.300 e. The zero-order valence-electron chi connectivity index (χ0n) is 18.2. The summed E-state index contributed by atoms with van der Waals surface area (Å²) in [5.74, 6) is -1.30. The van der Waals surface area contributed by atoms with Crippen LogP contribution < -0.4 is 9.64 Å². The first-order valence-corrected chi connectivity index (χ1v) is 11.8. The van der Waals surface area contributed by atoms with Crippen LogP contribution >= 0.6 is 11.3 Å². The Hall–Kier alpha value is -3.58. The number of rotatable bonds is 8. The monoisotopic (exact) mass is 463 g/mol. The van der Waals surface area contributed by atoms with E-state index in [1.54, 1.807) is 48.5 Å². The third-order valence-electron chi connectivity index (χ3n) is 5.54. The number of carbonyl (C=O) groups is 2. The van der Waals surface area contributed by atoms with Crippen LogP contribution in [-0.2, 0) is 9.59 Å². The summed E-state index contributed by atoms with van der Waals surface area (Å²) in [5, 5.41) is 23.3. The maximum Gasteiger partial charge on any atom is 0.300 e. The molecule has 1 fully saturated rings. The number of amides is 1. The van der Waals surface area contributed by atoms with Gasteiger partial charge in [0.2, 0.25) is 0 Å². The van der Waals surface area contributed by atoms with Crippen molar-refractivity contribution in [3.05, 3.63) is 82.1 Å². The molecule has 2 aromatic carbocycles. The van der Waals surface area contributed by atoms with E-state index >= 15 is 0 Å². The van der Waals surface area contributed by atoms with E-state index in [0.717, 1.165) is 19.3 Å². The highest BCUT2D eigenvalue weighted by molar-refractivity contribution is 7.10. The molecular formula is C26H25NO5S. The van der Waals surface area contributed by atoms with E-state index < -0.39 is 17.7 Å². The molecule has 7 heteroatoms. The Bertz CT molecular complexity index is 1170. The molecule has 3 aromatic rings. The van der Waals surface area contributed by atoms with Gasteiger partial charge in [0.25, 0.3) is 11.7 Å². The number of benzene rings is 2. The Kier molecular flexibility index (Phi) is 6.79. The number of hydrogen-bond acceptors (Lipinski definition) is 6. The lowest BCUT2D eigenvalue weighted by molar-refractivity contribution is -0.132. The van der Waals surface area contributed by atoms with Gasteiger partial charge in [0.05, 0.1) is 17.9 Å². The van der Waals surface area contributed by atoms with Crippen molar-refractivity contribution in [2.45, 2.75) is 32.2 Å². The van der Waals surface area contributed by atoms with Gasteiger partial charge >= 0.3 is 0 Å². The van der Waals surface area contributed by atoms with Crippen LogP contribution in [0.15, 0.2) is 71.6 Å². The lowest BCUT2D eigenvalue weighted by Crippen LogP contribution is -2.29. The highest BCUT2D eigenvalue weighted by Crippen LogP contribution is 2.45. The Morgan fingerprint density at radius 3 is 2.45 bits per heavy atom. The van der Waals surface area contributed by atoms with Gasteiger partial charge in [-0.05, 0) is 54.3 Å². The lowest BCUT2D eigenvalue weighted by atomic mass is 9.99. The topological polar surface area (TPSA) is 87.1 Å². The predicted octanol–water partition coefficient (Wildman–Crippen LogP) is 5.65. The maximum atomic E-state index is 13.1. The van der Waals surface area contributed by atoms with Crippen molar-refractivity contribution in [3.8, 4) is 11.5 Å². The quantitative estimate of drug-likeness (QED) is 0.195. The molecular weight excluding hydrogens is 438 g/mol. The van der Waals surface area contributed by atoms with Gasteiger partial charge in [0, 0.05) is 10.4 Å². The Labute approximate surface area is 196 Å². The minimum Gasteiger partial charge on any atom is -0.507 e. The molecule has 0 saturated carbocycles. The number of hydrogen-bond donors (Lipinski definition) is 2. The van der Waals surface area contributed by atoms with Crippen molar-refractivity contribution in [2.75, 3.05) is 11.5 Å². The number of aromatic hydroxyl groups is 1. The first kappa shape index (κ1) is 22.6. The molecule has 1 amide bonds. The molecule has 0 bridgehead atoms. The SMILES string of the molecule is CCCCCOc1ccc(/C(O)=C2/C(=O)C(=O)N(c3ccccc3O)C2c2cccs2)cc1. The number of aliphatic hydroxyl groups excluding tert-OH is 1. The molecule has 0 radical (unpaired) electrons. The molecule has 1 unspecified atom stereocenters. The van der Waals surface area contributed by atoms with E-state index in [1.807, 2.05) is 11.4 Å². The molecule has 33 heavy (non-hydrogen) atoms. The Morgan fingerprint density at radius 1 is 1.03 bits per heavy atom. The summed E-state index contributed by atoms with van der Waals surface area (Å²) in [5.41, 5.74) is 0.614. The van der Waals surface area contributed by atoms with Gasteiger partial charge in [0.15, 0.2) is 0 Å². The van der Waals surface area contributed by atoms with Gasteiger partial charge in [-0.15, -0.1) is 11.3 Å². The molecule has 2 heterocycles. The zero-order valence-corrected chi connectivity index (χ0v) is 19.0. The van der Waals surface area contributed by atoms with Crippen LogP contribution in [0, 0.1) is 0 Å². The molecule has 1 aliphatic heterocycles. The van der Waals surface area contributed by atoms with Crippen molar-refractivity contribution < 1.29 is 24.5 Å². The van der Waals surface area contributed by atoms with E-state index in [-0.39, 0.29) is 22.8 Å². The van der Waals surface area contributed by atoms with Gasteiger partial charge in [-0.3, -0.25) is 14.5 Å². The van der Waals surface area contributed by atoms with Gasteiger partial charge in [-0.25, -0.2) is 0 Å². The minimum absolute atomic E-state index is 0.0117. The molecule has 2 N–H and O–H groups in total. The molecule has 1 aromatic heterocycles. The fourth-order valence-electron chi connectivity index (χ4n) is 3.87. The molecule has 0 spiro atoms. The number of unbranched alkanes of at least 4 members (excludes halogenated alkanes) is 2. The highest BCUT2D eigenvalue weighted by Gasteiger charge is 2.48. The predicted molar refractivity (Wildman–Crippen MR) is 129 cm³/mol. The Balaban J connectivity index is 1.72. The van der Waals surface area contributed by atoms with E-state index in [0.29, 0.717) is 22.8 Å². The fraction of sp³-hybridized carbons (Fsp3) is 0.231. The zero-order chi connectivity index (χ0) is 23.4. The highest BCUT2D eigenvalue weighted by atomic mass is 32.1.